The van der Waals surface area contributed by atoms with Crippen LogP contribution in [0.1, 0.15) is 38.5 Å². The van der Waals surface area contributed by atoms with Gasteiger partial charge in [0.25, 0.3) is 0 Å². The first-order chi connectivity index (χ1) is 8.92. The molecule has 1 aromatic rings. The first-order valence-electron chi connectivity index (χ1n) is 7.42. The van der Waals surface area contributed by atoms with Crippen LogP contribution < -0.4 is 10.2 Å². The molecule has 1 aliphatic heterocycles. The molecular formula is C15H24N2S. The Hall–Kier alpha value is -0.540. The first kappa shape index (κ1) is 12.5. The summed E-state index contributed by atoms with van der Waals surface area (Å²) in [5, 5.41) is 8.28. The summed E-state index contributed by atoms with van der Waals surface area (Å²) in [5.41, 5.74) is 1.42. The monoisotopic (exact) mass is 264 g/mol. The van der Waals surface area contributed by atoms with Gasteiger partial charge in [-0.15, -0.1) is 0 Å². The Bertz CT molecular complexity index is 343. The van der Waals surface area contributed by atoms with Crippen molar-refractivity contribution in [1.29, 1.82) is 0 Å². The zero-order valence-electron chi connectivity index (χ0n) is 11.1. The molecule has 1 N–H and O–H groups in total. The van der Waals surface area contributed by atoms with Gasteiger partial charge in [-0.2, -0.15) is 11.3 Å². The molecule has 2 heterocycles. The lowest BCUT2D eigenvalue weighted by Gasteiger charge is -2.34. The van der Waals surface area contributed by atoms with Crippen molar-refractivity contribution < 1.29 is 0 Å². The number of nitrogens with zero attached hydrogens (tertiary/aromatic N) is 1. The third-order valence-corrected chi connectivity index (χ3v) is 5.13. The van der Waals surface area contributed by atoms with E-state index in [9.17, 15) is 0 Å². The predicted molar refractivity (Wildman–Crippen MR) is 79.5 cm³/mol. The Labute approximate surface area is 114 Å². The van der Waals surface area contributed by atoms with Gasteiger partial charge >= 0.3 is 0 Å². The lowest BCUT2D eigenvalue weighted by atomic mass is 10.0. The molecule has 18 heavy (non-hydrogen) atoms. The number of rotatable bonds is 4. The number of hydrogen-bond acceptors (Lipinski definition) is 3. The standard InChI is InChI=1S/C15H24N2S/c1-2-5-13(4-1)10-16-14-6-3-8-17(11-14)15-7-9-18-12-15/h7,9,12-14,16H,1-6,8,10-11H2. The van der Waals surface area contributed by atoms with E-state index in [2.05, 4.69) is 27.0 Å². The Morgan fingerprint density at radius 2 is 2.11 bits per heavy atom. The molecule has 2 aliphatic rings. The van der Waals surface area contributed by atoms with Crippen molar-refractivity contribution in [2.45, 2.75) is 44.6 Å². The van der Waals surface area contributed by atoms with E-state index in [1.807, 2.05) is 0 Å². The van der Waals surface area contributed by atoms with Crippen LogP contribution in [-0.4, -0.2) is 25.7 Å². The van der Waals surface area contributed by atoms with Crippen LogP contribution in [0.4, 0.5) is 5.69 Å². The second kappa shape index (κ2) is 6.07. The molecule has 100 valence electrons. The number of thiophene rings is 1. The Morgan fingerprint density at radius 3 is 2.89 bits per heavy atom. The van der Waals surface area contributed by atoms with E-state index >= 15 is 0 Å². The molecule has 0 bridgehead atoms. The van der Waals surface area contributed by atoms with Crippen molar-refractivity contribution in [1.82, 2.24) is 5.32 Å². The van der Waals surface area contributed by atoms with E-state index < -0.39 is 0 Å². The van der Waals surface area contributed by atoms with Crippen molar-refractivity contribution in [2.24, 2.45) is 5.92 Å². The van der Waals surface area contributed by atoms with E-state index in [1.54, 1.807) is 11.3 Å². The maximum atomic E-state index is 3.82. The Morgan fingerprint density at radius 1 is 1.22 bits per heavy atom. The molecule has 3 heteroatoms. The second-order valence-corrected chi connectivity index (χ2v) is 6.61. The minimum atomic E-state index is 0.708. The summed E-state index contributed by atoms with van der Waals surface area (Å²) < 4.78 is 0. The molecule has 1 saturated carbocycles. The van der Waals surface area contributed by atoms with Crippen molar-refractivity contribution >= 4 is 17.0 Å². The van der Waals surface area contributed by atoms with Gasteiger partial charge in [0.1, 0.15) is 0 Å². The maximum Gasteiger partial charge on any atom is 0.0475 e. The molecule has 1 unspecified atom stereocenters. The summed E-state index contributed by atoms with van der Waals surface area (Å²) in [6, 6.07) is 2.96. The van der Waals surface area contributed by atoms with Gasteiger partial charge in [0.15, 0.2) is 0 Å². The van der Waals surface area contributed by atoms with Crippen LogP contribution in [0.15, 0.2) is 16.8 Å². The summed E-state index contributed by atoms with van der Waals surface area (Å²) in [4.78, 5) is 2.55. The average molecular weight is 264 g/mol. The number of hydrogen-bond donors (Lipinski definition) is 1. The number of anilines is 1. The molecule has 1 atom stereocenters. The highest BCUT2D eigenvalue weighted by atomic mass is 32.1. The molecule has 2 fully saturated rings. The Kier molecular flexibility index (Phi) is 4.21. The Balaban J connectivity index is 1.47. The fourth-order valence-electron chi connectivity index (χ4n) is 3.36. The van der Waals surface area contributed by atoms with E-state index in [1.165, 1.54) is 63.8 Å². The number of piperidine rings is 1. The van der Waals surface area contributed by atoms with Crippen molar-refractivity contribution in [3.05, 3.63) is 16.8 Å². The summed E-state index contributed by atoms with van der Waals surface area (Å²) in [5.74, 6) is 0.960. The zero-order valence-corrected chi connectivity index (χ0v) is 11.9. The molecule has 1 aliphatic carbocycles. The zero-order chi connectivity index (χ0) is 12.2. The van der Waals surface area contributed by atoms with Gasteiger partial charge < -0.3 is 10.2 Å². The van der Waals surface area contributed by atoms with Crippen molar-refractivity contribution in [2.75, 3.05) is 24.5 Å². The third-order valence-electron chi connectivity index (χ3n) is 4.46. The van der Waals surface area contributed by atoms with Crippen LogP contribution >= 0.6 is 11.3 Å². The smallest absolute Gasteiger partial charge is 0.0475 e. The van der Waals surface area contributed by atoms with Crippen LogP contribution in [-0.2, 0) is 0 Å². The SMILES string of the molecule is c1cc(N2CCCC(NCC3CCCC3)C2)cs1. The highest BCUT2D eigenvalue weighted by molar-refractivity contribution is 7.08. The molecule has 0 radical (unpaired) electrons. The second-order valence-electron chi connectivity index (χ2n) is 5.83. The topological polar surface area (TPSA) is 15.3 Å². The van der Waals surface area contributed by atoms with Crippen LogP contribution in [0.3, 0.4) is 0 Å². The van der Waals surface area contributed by atoms with Gasteiger partial charge in [-0.3, -0.25) is 0 Å². The fraction of sp³-hybridized carbons (Fsp3) is 0.733. The predicted octanol–water partition coefficient (Wildman–Crippen LogP) is 3.50. The van der Waals surface area contributed by atoms with Gasteiger partial charge in [-0.25, -0.2) is 0 Å². The normalized spacial score (nSPS) is 25.8. The van der Waals surface area contributed by atoms with E-state index in [0.29, 0.717) is 6.04 Å². The average Bonchev–Trinajstić information content (AvgIpc) is 3.10. The number of nitrogens with one attached hydrogen (secondary N) is 1. The summed E-state index contributed by atoms with van der Waals surface area (Å²) in [6.45, 7) is 3.68. The van der Waals surface area contributed by atoms with Gasteiger partial charge in [0, 0.05) is 30.2 Å². The lowest BCUT2D eigenvalue weighted by molar-refractivity contribution is 0.383. The molecule has 3 rings (SSSR count). The highest BCUT2D eigenvalue weighted by Crippen LogP contribution is 2.25. The van der Waals surface area contributed by atoms with Gasteiger partial charge in [0.2, 0.25) is 0 Å². The molecule has 0 spiro atoms. The first-order valence-corrected chi connectivity index (χ1v) is 8.36. The highest BCUT2D eigenvalue weighted by Gasteiger charge is 2.22. The van der Waals surface area contributed by atoms with Crippen molar-refractivity contribution in [3.8, 4) is 0 Å². The minimum Gasteiger partial charge on any atom is -0.369 e. The molecule has 1 saturated heterocycles. The van der Waals surface area contributed by atoms with E-state index in [-0.39, 0.29) is 0 Å². The summed E-state index contributed by atoms with van der Waals surface area (Å²) in [7, 11) is 0. The molecular weight excluding hydrogens is 240 g/mol. The van der Waals surface area contributed by atoms with E-state index in [0.717, 1.165) is 5.92 Å². The van der Waals surface area contributed by atoms with E-state index in [4.69, 9.17) is 0 Å². The van der Waals surface area contributed by atoms with Crippen LogP contribution in [0.5, 0.6) is 0 Å². The molecule has 1 aromatic heterocycles. The van der Waals surface area contributed by atoms with Gasteiger partial charge in [-0.05, 0) is 49.6 Å². The molecule has 0 amide bonds. The summed E-state index contributed by atoms with van der Waals surface area (Å²) >= 11 is 1.81. The van der Waals surface area contributed by atoms with Gasteiger partial charge in [-0.1, -0.05) is 12.8 Å². The van der Waals surface area contributed by atoms with Crippen LogP contribution in [0.25, 0.3) is 0 Å². The minimum absolute atomic E-state index is 0.708. The van der Waals surface area contributed by atoms with Gasteiger partial charge in [0.05, 0.1) is 0 Å². The van der Waals surface area contributed by atoms with Crippen molar-refractivity contribution in [3.63, 3.8) is 0 Å². The molecule has 2 nitrogen and oxygen atoms in total. The summed E-state index contributed by atoms with van der Waals surface area (Å²) in [6.07, 6.45) is 8.50. The quantitative estimate of drug-likeness (QED) is 0.895. The van der Waals surface area contributed by atoms with Crippen LogP contribution in [0, 0.1) is 5.92 Å². The lowest BCUT2D eigenvalue weighted by Crippen LogP contribution is -2.46. The largest absolute Gasteiger partial charge is 0.369 e. The fourth-order valence-corrected chi connectivity index (χ4v) is 4.03. The third kappa shape index (κ3) is 3.07. The van der Waals surface area contributed by atoms with Crippen LogP contribution in [0.2, 0.25) is 0 Å². The molecule has 0 aromatic carbocycles. The maximum absolute atomic E-state index is 3.82.